The molecule has 3 rings (SSSR count). The van der Waals surface area contributed by atoms with Gasteiger partial charge < -0.3 is 20.4 Å². The topological polar surface area (TPSA) is 48.8 Å². The van der Waals surface area contributed by atoms with Gasteiger partial charge in [0.05, 0.1) is 39.3 Å². The number of aryl methyl sites for hydroxylation is 1. The Bertz CT molecular complexity index is 770. The van der Waals surface area contributed by atoms with Crippen molar-refractivity contribution in [2.45, 2.75) is 13.8 Å². The number of anilines is 2. The normalized spacial score (nSPS) is 14.9. The molecule has 0 unspecified atom stereocenters. The van der Waals surface area contributed by atoms with Crippen LogP contribution in [-0.2, 0) is 0 Å². The molecular weight excluding hydrogens is 343 g/mol. The number of benzene rings is 2. The average Bonchev–Trinajstić information content (AvgIpc) is 2.67. The minimum absolute atomic E-state index is 0.159. The zero-order valence-corrected chi connectivity index (χ0v) is 16.0. The van der Waals surface area contributed by atoms with Crippen molar-refractivity contribution in [2.24, 2.45) is 0 Å². The van der Waals surface area contributed by atoms with Gasteiger partial charge in [-0.2, -0.15) is 0 Å². The number of halogens is 1. The van der Waals surface area contributed by atoms with E-state index in [9.17, 15) is 9.18 Å². The summed E-state index contributed by atoms with van der Waals surface area (Å²) in [5.74, 6) is -0.201. The van der Waals surface area contributed by atoms with Crippen molar-refractivity contribution >= 4 is 17.4 Å². The smallest absolute Gasteiger partial charge is 0.319 e. The number of hydrogen-bond donors (Lipinski definition) is 3. The van der Waals surface area contributed by atoms with Gasteiger partial charge >= 0.3 is 6.03 Å². The maximum atomic E-state index is 13.0. The Kier molecular flexibility index (Phi) is 6.29. The van der Waals surface area contributed by atoms with Crippen molar-refractivity contribution < 1.29 is 14.1 Å². The number of piperazine rings is 1. The van der Waals surface area contributed by atoms with Gasteiger partial charge in [-0.3, -0.25) is 0 Å². The van der Waals surface area contributed by atoms with Crippen LogP contribution >= 0.6 is 0 Å². The second kappa shape index (κ2) is 8.86. The molecule has 0 bridgehead atoms. The summed E-state index contributed by atoms with van der Waals surface area (Å²) in [6, 6.07) is 12.4. The van der Waals surface area contributed by atoms with Gasteiger partial charge in [0.2, 0.25) is 0 Å². The van der Waals surface area contributed by atoms with Crippen molar-refractivity contribution in [1.82, 2.24) is 5.32 Å². The quantitative estimate of drug-likeness (QED) is 0.753. The highest BCUT2D eigenvalue weighted by molar-refractivity contribution is 5.90. The summed E-state index contributed by atoms with van der Waals surface area (Å²) < 4.78 is 13.0. The molecular formula is C21H28FN4O+. The third-order valence-corrected chi connectivity index (χ3v) is 5.28. The lowest BCUT2D eigenvalue weighted by atomic mass is 10.1. The first kappa shape index (κ1) is 19.2. The van der Waals surface area contributed by atoms with Crippen LogP contribution < -0.4 is 20.4 Å². The molecule has 1 saturated heterocycles. The van der Waals surface area contributed by atoms with Gasteiger partial charge in [0.1, 0.15) is 5.82 Å². The number of hydrogen-bond acceptors (Lipinski definition) is 2. The van der Waals surface area contributed by atoms with Gasteiger partial charge in [-0.1, -0.05) is 12.1 Å². The molecule has 1 aliphatic heterocycles. The first-order chi connectivity index (χ1) is 13.0. The van der Waals surface area contributed by atoms with Crippen LogP contribution in [0.2, 0.25) is 0 Å². The fourth-order valence-electron chi connectivity index (χ4n) is 3.39. The molecule has 0 spiro atoms. The van der Waals surface area contributed by atoms with E-state index in [-0.39, 0.29) is 11.8 Å². The number of nitrogens with zero attached hydrogens (tertiary/aromatic N) is 1. The van der Waals surface area contributed by atoms with E-state index in [4.69, 9.17) is 0 Å². The summed E-state index contributed by atoms with van der Waals surface area (Å²) in [5, 5.41) is 5.87. The Hall–Kier alpha value is -2.60. The molecule has 6 heteroatoms. The van der Waals surface area contributed by atoms with Gasteiger partial charge in [-0.25, -0.2) is 9.18 Å². The second-order valence-corrected chi connectivity index (χ2v) is 7.09. The molecule has 2 aromatic carbocycles. The molecule has 0 radical (unpaired) electrons. The third kappa shape index (κ3) is 5.20. The minimum Gasteiger partial charge on any atom is -0.360 e. The standard InChI is InChI=1S/C21H27FN4O/c1-16-4-3-5-20(17(16)2)24-21(27)23-10-11-25-12-14-26(15-13-25)19-8-6-18(22)7-9-19/h3-9H,10-15H2,1-2H3,(H2,23,24,27)/p+1. The Balaban J connectivity index is 1.38. The molecule has 27 heavy (non-hydrogen) atoms. The van der Waals surface area contributed by atoms with Gasteiger partial charge in [-0.15, -0.1) is 0 Å². The summed E-state index contributed by atoms with van der Waals surface area (Å²) in [4.78, 5) is 15.9. The van der Waals surface area contributed by atoms with Gasteiger partial charge in [0.25, 0.3) is 0 Å². The molecule has 1 fully saturated rings. The molecule has 0 aliphatic carbocycles. The summed E-state index contributed by atoms with van der Waals surface area (Å²) in [7, 11) is 0. The van der Waals surface area contributed by atoms with Crippen molar-refractivity contribution in [2.75, 3.05) is 49.5 Å². The first-order valence-electron chi connectivity index (χ1n) is 9.48. The number of amides is 2. The molecule has 0 aromatic heterocycles. The van der Waals surface area contributed by atoms with Crippen molar-refractivity contribution in [3.05, 3.63) is 59.4 Å². The average molecular weight is 371 g/mol. The molecule has 3 N–H and O–H groups in total. The van der Waals surface area contributed by atoms with E-state index < -0.39 is 0 Å². The lowest BCUT2D eigenvalue weighted by molar-refractivity contribution is -0.899. The van der Waals surface area contributed by atoms with Crippen LogP contribution in [0.3, 0.4) is 0 Å². The summed E-state index contributed by atoms with van der Waals surface area (Å²) in [5.41, 5.74) is 4.18. The van der Waals surface area contributed by atoms with Crippen molar-refractivity contribution in [3.63, 3.8) is 0 Å². The van der Waals surface area contributed by atoms with Crippen LogP contribution in [0.25, 0.3) is 0 Å². The zero-order chi connectivity index (χ0) is 19.2. The van der Waals surface area contributed by atoms with Crippen LogP contribution in [0, 0.1) is 19.7 Å². The van der Waals surface area contributed by atoms with E-state index in [2.05, 4.69) is 15.5 Å². The minimum atomic E-state index is -0.201. The molecule has 2 aromatic rings. The highest BCUT2D eigenvalue weighted by Crippen LogP contribution is 2.17. The largest absolute Gasteiger partial charge is 0.360 e. The molecule has 2 amide bonds. The molecule has 144 valence electrons. The molecule has 0 saturated carbocycles. The number of rotatable bonds is 5. The molecule has 1 heterocycles. The highest BCUT2D eigenvalue weighted by Gasteiger charge is 2.20. The fraction of sp³-hybridized carbons (Fsp3) is 0.381. The summed E-state index contributed by atoms with van der Waals surface area (Å²) in [6.45, 7) is 9.49. The third-order valence-electron chi connectivity index (χ3n) is 5.28. The Morgan fingerprint density at radius 3 is 2.52 bits per heavy atom. The Labute approximate surface area is 160 Å². The fourth-order valence-corrected chi connectivity index (χ4v) is 3.39. The van der Waals surface area contributed by atoms with E-state index in [1.165, 1.54) is 17.0 Å². The Morgan fingerprint density at radius 2 is 1.81 bits per heavy atom. The maximum Gasteiger partial charge on any atom is 0.319 e. The van der Waals surface area contributed by atoms with Gasteiger partial charge in [0, 0.05) is 11.4 Å². The predicted octanol–water partition coefficient (Wildman–Crippen LogP) is 1.97. The van der Waals surface area contributed by atoms with Crippen molar-refractivity contribution in [1.29, 1.82) is 0 Å². The predicted molar refractivity (Wildman–Crippen MR) is 107 cm³/mol. The molecule has 5 nitrogen and oxygen atoms in total. The Morgan fingerprint density at radius 1 is 1.11 bits per heavy atom. The van der Waals surface area contributed by atoms with E-state index in [1.807, 2.05) is 44.2 Å². The lowest BCUT2D eigenvalue weighted by Crippen LogP contribution is -3.15. The number of quaternary nitrogens is 1. The van der Waals surface area contributed by atoms with Crippen LogP contribution in [0.5, 0.6) is 0 Å². The summed E-state index contributed by atoms with van der Waals surface area (Å²) >= 11 is 0. The zero-order valence-electron chi connectivity index (χ0n) is 16.0. The number of carbonyl (C=O) groups is 1. The number of nitrogens with one attached hydrogen (secondary N) is 3. The second-order valence-electron chi connectivity index (χ2n) is 7.09. The van der Waals surface area contributed by atoms with Gasteiger partial charge in [-0.05, 0) is 55.3 Å². The highest BCUT2D eigenvalue weighted by atomic mass is 19.1. The van der Waals surface area contributed by atoms with Crippen LogP contribution in [0.15, 0.2) is 42.5 Å². The maximum absolute atomic E-state index is 13.0. The molecule has 1 aliphatic rings. The van der Waals surface area contributed by atoms with Crippen molar-refractivity contribution in [3.8, 4) is 0 Å². The number of carbonyl (C=O) groups excluding carboxylic acids is 1. The van der Waals surface area contributed by atoms with Crippen LogP contribution in [0.1, 0.15) is 11.1 Å². The van der Waals surface area contributed by atoms with Gasteiger partial charge in [0.15, 0.2) is 0 Å². The first-order valence-corrected chi connectivity index (χ1v) is 9.48. The van der Waals surface area contributed by atoms with E-state index in [0.717, 1.165) is 55.2 Å². The van der Waals surface area contributed by atoms with E-state index in [0.29, 0.717) is 6.54 Å². The monoisotopic (exact) mass is 371 g/mol. The van der Waals surface area contributed by atoms with Crippen LogP contribution in [-0.4, -0.2) is 45.3 Å². The summed E-state index contributed by atoms with van der Waals surface area (Å²) in [6.07, 6.45) is 0. The molecule has 0 atom stereocenters. The SMILES string of the molecule is Cc1cccc(NC(=O)NCC[NH+]2CCN(c3ccc(F)cc3)CC2)c1C. The number of urea groups is 1. The van der Waals surface area contributed by atoms with E-state index >= 15 is 0 Å². The lowest BCUT2D eigenvalue weighted by Gasteiger charge is -2.33. The van der Waals surface area contributed by atoms with E-state index in [1.54, 1.807) is 0 Å². The van der Waals surface area contributed by atoms with Crippen LogP contribution in [0.4, 0.5) is 20.6 Å².